The van der Waals surface area contributed by atoms with E-state index in [4.69, 9.17) is 0 Å². The Morgan fingerprint density at radius 3 is 2.35 bits per heavy atom. The number of sulfone groups is 1. The molecule has 0 bridgehead atoms. The normalized spacial score (nSPS) is 12.3. The van der Waals surface area contributed by atoms with Gasteiger partial charge < -0.3 is 10.4 Å². The molecule has 1 unspecified atom stereocenters. The van der Waals surface area contributed by atoms with E-state index in [2.05, 4.69) is 27.8 Å². The lowest BCUT2D eigenvalue weighted by atomic mass is 10.1. The molecule has 0 radical (unpaired) electrons. The molecule has 0 fully saturated rings. The number of carbonyl (C=O) groups is 2. The number of aromatic nitrogens is 4. The van der Waals surface area contributed by atoms with Gasteiger partial charge in [-0.15, -0.1) is 5.10 Å². The molecule has 1 aromatic heterocycles. The summed E-state index contributed by atoms with van der Waals surface area (Å²) < 4.78 is 27.0. The monoisotopic (exact) mass is 503 g/mol. The fourth-order valence-electron chi connectivity index (χ4n) is 3.13. The number of thioether (sulfide) groups is 1. The first kappa shape index (κ1) is 25.4. The van der Waals surface area contributed by atoms with E-state index in [0.29, 0.717) is 16.4 Å². The summed E-state index contributed by atoms with van der Waals surface area (Å²) in [6.07, 6.45) is 1.96. The number of benzene rings is 2. The summed E-state index contributed by atoms with van der Waals surface area (Å²) in [5.74, 6) is -3.26. The highest BCUT2D eigenvalue weighted by Gasteiger charge is 2.27. The number of anilines is 1. The van der Waals surface area contributed by atoms with Crippen molar-refractivity contribution < 1.29 is 23.1 Å². The van der Waals surface area contributed by atoms with Gasteiger partial charge in [0.2, 0.25) is 5.16 Å². The van der Waals surface area contributed by atoms with E-state index in [1.807, 2.05) is 12.1 Å². The van der Waals surface area contributed by atoms with Crippen LogP contribution < -0.4 is 5.32 Å². The average molecular weight is 504 g/mol. The van der Waals surface area contributed by atoms with Crippen LogP contribution in [0.25, 0.3) is 0 Å². The Kier molecular flexibility index (Phi) is 8.40. The molecule has 180 valence electrons. The zero-order valence-corrected chi connectivity index (χ0v) is 20.3. The van der Waals surface area contributed by atoms with Gasteiger partial charge in [-0.3, -0.25) is 9.59 Å². The second-order valence-corrected chi connectivity index (χ2v) is 10.7. The van der Waals surface area contributed by atoms with Crippen molar-refractivity contribution in [2.45, 2.75) is 29.8 Å². The maximum atomic E-state index is 12.8. The minimum Gasteiger partial charge on any atom is -0.481 e. The van der Waals surface area contributed by atoms with Gasteiger partial charge in [0.05, 0.1) is 16.6 Å². The van der Waals surface area contributed by atoms with Crippen LogP contribution in [0, 0.1) is 5.92 Å². The Balaban J connectivity index is 1.64. The quantitative estimate of drug-likeness (QED) is 0.377. The van der Waals surface area contributed by atoms with Crippen LogP contribution in [0.15, 0.2) is 58.6 Å². The van der Waals surface area contributed by atoms with Crippen molar-refractivity contribution in [1.29, 1.82) is 0 Å². The molecule has 10 nitrogen and oxygen atoms in total. The first-order valence-electron chi connectivity index (χ1n) is 10.5. The molecule has 1 amide bonds. The maximum Gasteiger partial charge on any atom is 0.308 e. The van der Waals surface area contributed by atoms with Crippen molar-refractivity contribution in [3.8, 4) is 0 Å². The highest BCUT2D eigenvalue weighted by atomic mass is 32.2. The van der Waals surface area contributed by atoms with Crippen LogP contribution in [0.1, 0.15) is 29.3 Å². The second-order valence-electron chi connectivity index (χ2n) is 7.64. The Morgan fingerprint density at radius 1 is 1.12 bits per heavy atom. The van der Waals surface area contributed by atoms with Crippen LogP contribution >= 0.6 is 11.8 Å². The van der Waals surface area contributed by atoms with Gasteiger partial charge in [0.25, 0.3) is 5.91 Å². The van der Waals surface area contributed by atoms with Crippen molar-refractivity contribution in [2.24, 2.45) is 13.0 Å². The molecule has 0 saturated heterocycles. The third-order valence-corrected chi connectivity index (χ3v) is 8.00. The Hall–Kier alpha value is -3.25. The number of carboxylic acid groups (broad SMARTS) is 1. The summed E-state index contributed by atoms with van der Waals surface area (Å²) in [6.45, 7) is 2.09. The van der Waals surface area contributed by atoms with Gasteiger partial charge in [0.15, 0.2) is 9.84 Å². The third-order valence-electron chi connectivity index (χ3n) is 4.99. The van der Waals surface area contributed by atoms with E-state index in [-0.39, 0.29) is 16.6 Å². The van der Waals surface area contributed by atoms with Gasteiger partial charge in [-0.25, -0.2) is 13.1 Å². The molecule has 2 aromatic carbocycles. The third kappa shape index (κ3) is 6.64. The highest BCUT2D eigenvalue weighted by molar-refractivity contribution is 7.99. The molecular formula is C22H25N5O5S2. The standard InChI is InChI=1S/C22H25N5O5S2/c1-3-4-15-5-7-16(8-6-15)20(28)23-18-9-11-19(12-10-18)34(31,32)14-17(21(29)30)13-33-22-24-25-26-27(22)2/h5-12,17H,3-4,13-14H2,1-2H3,(H,23,28)(H,29,30). The minimum absolute atomic E-state index is 0.00599. The molecule has 3 rings (SSSR count). The molecule has 0 aliphatic carbocycles. The van der Waals surface area contributed by atoms with Crippen molar-refractivity contribution in [1.82, 2.24) is 20.2 Å². The number of hydrogen-bond acceptors (Lipinski definition) is 8. The largest absolute Gasteiger partial charge is 0.481 e. The molecular weight excluding hydrogens is 478 g/mol. The number of aliphatic carboxylic acids is 1. The molecule has 0 spiro atoms. The summed E-state index contributed by atoms with van der Waals surface area (Å²) in [4.78, 5) is 24.1. The Bertz CT molecular complexity index is 1240. The van der Waals surface area contributed by atoms with Gasteiger partial charge in [0, 0.05) is 24.1 Å². The van der Waals surface area contributed by atoms with E-state index in [1.165, 1.54) is 28.9 Å². The minimum atomic E-state index is -3.88. The summed E-state index contributed by atoms with van der Waals surface area (Å²) in [5, 5.41) is 23.5. The second kappa shape index (κ2) is 11.3. The lowest BCUT2D eigenvalue weighted by Crippen LogP contribution is -2.26. The molecule has 2 N–H and O–H groups in total. The SMILES string of the molecule is CCCc1ccc(C(=O)Nc2ccc(S(=O)(=O)CC(CSc3nnnn3C)C(=O)O)cc2)cc1. The molecule has 1 atom stereocenters. The maximum absolute atomic E-state index is 12.8. The van der Waals surface area contributed by atoms with Crippen molar-refractivity contribution >= 4 is 39.2 Å². The van der Waals surface area contributed by atoms with Gasteiger partial charge >= 0.3 is 5.97 Å². The number of tetrazole rings is 1. The molecule has 3 aromatic rings. The number of amides is 1. The Morgan fingerprint density at radius 2 is 1.79 bits per heavy atom. The molecule has 0 aliphatic rings. The summed E-state index contributed by atoms with van der Waals surface area (Å²) >= 11 is 1.07. The number of carbonyl (C=O) groups excluding carboxylic acids is 1. The smallest absolute Gasteiger partial charge is 0.308 e. The zero-order valence-electron chi connectivity index (χ0n) is 18.7. The van der Waals surface area contributed by atoms with E-state index in [0.717, 1.165) is 30.2 Å². The highest BCUT2D eigenvalue weighted by Crippen LogP contribution is 2.22. The van der Waals surface area contributed by atoms with Gasteiger partial charge in [-0.2, -0.15) is 0 Å². The lowest BCUT2D eigenvalue weighted by molar-refractivity contribution is -0.140. The van der Waals surface area contributed by atoms with Crippen molar-refractivity contribution in [2.75, 3.05) is 16.8 Å². The number of aryl methyl sites for hydroxylation is 2. The average Bonchev–Trinajstić information content (AvgIpc) is 3.22. The van der Waals surface area contributed by atoms with E-state index in [1.54, 1.807) is 19.2 Å². The van der Waals surface area contributed by atoms with E-state index >= 15 is 0 Å². The number of hydrogen-bond donors (Lipinski definition) is 2. The Labute approximate surface area is 201 Å². The van der Waals surface area contributed by atoms with Gasteiger partial charge in [0.1, 0.15) is 0 Å². The van der Waals surface area contributed by atoms with E-state index < -0.39 is 27.5 Å². The molecule has 34 heavy (non-hydrogen) atoms. The molecule has 1 heterocycles. The summed E-state index contributed by atoms with van der Waals surface area (Å²) in [6, 6.07) is 13.0. The van der Waals surface area contributed by atoms with Crippen LogP contribution in [-0.4, -0.2) is 57.1 Å². The molecule has 12 heteroatoms. The van der Waals surface area contributed by atoms with Crippen LogP contribution in [-0.2, 0) is 28.1 Å². The van der Waals surface area contributed by atoms with Gasteiger partial charge in [-0.1, -0.05) is 37.2 Å². The van der Waals surface area contributed by atoms with Crippen LogP contribution in [0.5, 0.6) is 0 Å². The fourth-order valence-corrected chi connectivity index (χ4v) is 5.74. The van der Waals surface area contributed by atoms with Crippen molar-refractivity contribution in [3.05, 3.63) is 59.7 Å². The predicted molar refractivity (Wildman–Crippen MR) is 128 cm³/mol. The first-order valence-corrected chi connectivity index (χ1v) is 13.1. The fraction of sp³-hybridized carbons (Fsp3) is 0.318. The van der Waals surface area contributed by atoms with Crippen LogP contribution in [0.2, 0.25) is 0 Å². The molecule has 0 aliphatic heterocycles. The molecule has 0 saturated carbocycles. The van der Waals surface area contributed by atoms with Crippen molar-refractivity contribution in [3.63, 3.8) is 0 Å². The number of rotatable bonds is 11. The van der Waals surface area contributed by atoms with Gasteiger partial charge in [-0.05, 0) is 58.8 Å². The summed E-state index contributed by atoms with van der Waals surface area (Å²) in [5.41, 5.74) is 2.08. The zero-order chi connectivity index (χ0) is 24.7. The number of nitrogens with one attached hydrogen (secondary N) is 1. The number of nitrogens with zero attached hydrogens (tertiary/aromatic N) is 4. The lowest BCUT2D eigenvalue weighted by Gasteiger charge is -2.13. The van der Waals surface area contributed by atoms with Crippen LogP contribution in [0.3, 0.4) is 0 Å². The first-order chi connectivity index (χ1) is 16.2. The van der Waals surface area contributed by atoms with Crippen LogP contribution in [0.4, 0.5) is 5.69 Å². The predicted octanol–water partition coefficient (Wildman–Crippen LogP) is 2.68. The topological polar surface area (TPSA) is 144 Å². The number of carboxylic acids is 1. The van der Waals surface area contributed by atoms with E-state index in [9.17, 15) is 23.1 Å². The summed E-state index contributed by atoms with van der Waals surface area (Å²) in [7, 11) is -2.27.